The Labute approximate surface area is 129 Å². The van der Waals surface area contributed by atoms with Gasteiger partial charge < -0.3 is 0 Å². The number of para-hydroxylation sites is 1. The molecule has 0 aromatic heterocycles. The summed E-state index contributed by atoms with van der Waals surface area (Å²) in [7, 11) is -3.62. The van der Waals surface area contributed by atoms with Gasteiger partial charge in [0.15, 0.2) is 5.17 Å². The Bertz CT molecular complexity index is 627. The van der Waals surface area contributed by atoms with Crippen LogP contribution in [0.2, 0.25) is 0 Å². The van der Waals surface area contributed by atoms with Gasteiger partial charge in [0.25, 0.3) is 5.91 Å². The van der Waals surface area contributed by atoms with Crippen molar-refractivity contribution >= 4 is 38.5 Å². The second-order valence-electron chi connectivity index (χ2n) is 4.70. The number of amides is 1. The fourth-order valence-electron chi connectivity index (χ4n) is 1.94. The van der Waals surface area contributed by atoms with Gasteiger partial charge in [-0.2, -0.15) is 4.31 Å². The number of benzene rings is 1. The number of aliphatic imine (C=N–C) groups is 1. The Morgan fingerprint density at radius 2 is 1.95 bits per heavy atom. The predicted molar refractivity (Wildman–Crippen MR) is 86.2 cm³/mol. The number of amidine groups is 1. The molecule has 1 aliphatic rings. The van der Waals surface area contributed by atoms with Crippen LogP contribution in [0.4, 0.5) is 5.69 Å². The van der Waals surface area contributed by atoms with E-state index in [-0.39, 0.29) is 16.7 Å². The van der Waals surface area contributed by atoms with E-state index < -0.39 is 15.9 Å². The quantitative estimate of drug-likeness (QED) is 0.754. The molecule has 114 valence electrons. The van der Waals surface area contributed by atoms with Crippen molar-refractivity contribution in [1.29, 1.82) is 0 Å². The average Bonchev–Trinajstić information content (AvgIpc) is 2.82. The molecule has 0 spiro atoms. The lowest BCUT2D eigenvalue weighted by molar-refractivity contribution is -0.120. The standard InChI is InChI=1S/C14H18N2O3S2/c1-2-3-7-10-21(18,19)16-13(17)11-20-14(16)15-12-8-5-4-6-9-12/h4-6,8-9H,2-3,7,10-11H2,1H3. The smallest absolute Gasteiger partial charge is 0.252 e. The highest BCUT2D eigenvalue weighted by molar-refractivity contribution is 8.16. The van der Waals surface area contributed by atoms with Crippen molar-refractivity contribution in [3.63, 3.8) is 0 Å². The molecule has 1 aromatic rings. The van der Waals surface area contributed by atoms with Crippen molar-refractivity contribution in [2.45, 2.75) is 26.2 Å². The Balaban J connectivity index is 2.23. The van der Waals surface area contributed by atoms with Gasteiger partial charge in [-0.3, -0.25) is 4.79 Å². The number of rotatable bonds is 6. The van der Waals surface area contributed by atoms with Crippen LogP contribution in [-0.4, -0.2) is 35.3 Å². The van der Waals surface area contributed by atoms with E-state index in [2.05, 4.69) is 4.99 Å². The zero-order valence-corrected chi connectivity index (χ0v) is 13.5. The summed E-state index contributed by atoms with van der Waals surface area (Å²) in [5, 5.41) is 0.252. The average molecular weight is 326 g/mol. The van der Waals surface area contributed by atoms with E-state index in [1.54, 1.807) is 12.1 Å². The van der Waals surface area contributed by atoms with Crippen LogP contribution in [0.5, 0.6) is 0 Å². The van der Waals surface area contributed by atoms with Crippen molar-refractivity contribution in [2.75, 3.05) is 11.5 Å². The van der Waals surface area contributed by atoms with Gasteiger partial charge in [-0.05, 0) is 18.6 Å². The van der Waals surface area contributed by atoms with Crippen molar-refractivity contribution in [3.8, 4) is 0 Å². The van der Waals surface area contributed by atoms with Crippen LogP contribution < -0.4 is 0 Å². The highest BCUT2D eigenvalue weighted by Crippen LogP contribution is 2.26. The first kappa shape index (κ1) is 16.0. The van der Waals surface area contributed by atoms with E-state index in [0.29, 0.717) is 12.1 Å². The van der Waals surface area contributed by atoms with Crippen LogP contribution in [0.1, 0.15) is 26.2 Å². The number of carbonyl (C=O) groups excluding carboxylic acids is 1. The highest BCUT2D eigenvalue weighted by atomic mass is 32.2. The van der Waals surface area contributed by atoms with Crippen LogP contribution in [0.3, 0.4) is 0 Å². The largest absolute Gasteiger partial charge is 0.272 e. The number of unbranched alkanes of at least 4 members (excludes halogenated alkanes) is 2. The molecule has 1 heterocycles. The lowest BCUT2D eigenvalue weighted by Gasteiger charge is -2.16. The van der Waals surface area contributed by atoms with Crippen LogP contribution >= 0.6 is 11.8 Å². The van der Waals surface area contributed by atoms with Gasteiger partial charge >= 0.3 is 0 Å². The number of hydrogen-bond acceptors (Lipinski definition) is 5. The minimum atomic E-state index is -3.62. The van der Waals surface area contributed by atoms with Gasteiger partial charge in [-0.15, -0.1) is 0 Å². The maximum atomic E-state index is 12.3. The Morgan fingerprint density at radius 1 is 1.24 bits per heavy atom. The van der Waals surface area contributed by atoms with Gasteiger partial charge in [-0.1, -0.05) is 49.7 Å². The summed E-state index contributed by atoms with van der Waals surface area (Å²) in [6.07, 6.45) is 2.33. The van der Waals surface area contributed by atoms with Crippen LogP contribution in [0.25, 0.3) is 0 Å². The van der Waals surface area contributed by atoms with E-state index in [1.165, 1.54) is 11.8 Å². The summed E-state index contributed by atoms with van der Waals surface area (Å²) in [4.78, 5) is 16.2. The van der Waals surface area contributed by atoms with Crippen molar-refractivity contribution in [1.82, 2.24) is 4.31 Å². The molecule has 5 nitrogen and oxygen atoms in total. The van der Waals surface area contributed by atoms with Gasteiger partial charge in [0, 0.05) is 0 Å². The lowest BCUT2D eigenvalue weighted by Crippen LogP contribution is -2.37. The van der Waals surface area contributed by atoms with E-state index in [0.717, 1.165) is 17.1 Å². The number of thioether (sulfide) groups is 1. The molecule has 1 aromatic carbocycles. The van der Waals surface area contributed by atoms with Crippen LogP contribution in [0.15, 0.2) is 35.3 Å². The molecule has 0 atom stereocenters. The van der Waals surface area contributed by atoms with Gasteiger partial charge in [-0.25, -0.2) is 13.4 Å². The molecule has 0 N–H and O–H groups in total. The molecule has 2 rings (SSSR count). The molecule has 7 heteroatoms. The van der Waals surface area contributed by atoms with Crippen LogP contribution in [0, 0.1) is 0 Å². The monoisotopic (exact) mass is 326 g/mol. The molecule has 0 unspecified atom stereocenters. The highest BCUT2D eigenvalue weighted by Gasteiger charge is 2.37. The molecule has 21 heavy (non-hydrogen) atoms. The predicted octanol–water partition coefficient (Wildman–Crippen LogP) is 2.77. The molecular weight excluding hydrogens is 308 g/mol. The maximum Gasteiger partial charge on any atom is 0.252 e. The topological polar surface area (TPSA) is 66.8 Å². The van der Waals surface area contributed by atoms with Crippen LogP contribution in [-0.2, 0) is 14.8 Å². The zero-order chi connectivity index (χ0) is 15.3. The summed E-state index contributed by atoms with van der Waals surface area (Å²) < 4.78 is 25.5. The second kappa shape index (κ2) is 7.09. The third-order valence-corrected chi connectivity index (χ3v) is 5.77. The fraction of sp³-hybridized carbons (Fsp3) is 0.429. The first-order valence-corrected chi connectivity index (χ1v) is 9.46. The summed E-state index contributed by atoms with van der Waals surface area (Å²) in [6, 6.07) is 9.05. The fourth-order valence-corrected chi connectivity index (χ4v) is 4.70. The minimum Gasteiger partial charge on any atom is -0.272 e. The molecule has 0 aliphatic carbocycles. The number of hydrogen-bond donors (Lipinski definition) is 0. The summed E-state index contributed by atoms with van der Waals surface area (Å²) >= 11 is 1.17. The van der Waals surface area contributed by atoms with E-state index in [1.807, 2.05) is 25.1 Å². The molecule has 1 fully saturated rings. The Hall–Kier alpha value is -1.34. The zero-order valence-electron chi connectivity index (χ0n) is 11.9. The third kappa shape index (κ3) is 4.07. The van der Waals surface area contributed by atoms with Crippen molar-refractivity contribution < 1.29 is 13.2 Å². The molecule has 0 saturated carbocycles. The third-order valence-electron chi connectivity index (χ3n) is 2.99. The molecule has 0 radical (unpaired) electrons. The number of nitrogens with zero attached hydrogens (tertiary/aromatic N) is 2. The molecule has 1 saturated heterocycles. The minimum absolute atomic E-state index is 0.0129. The molecule has 1 amide bonds. The van der Waals surface area contributed by atoms with Gasteiger partial charge in [0.2, 0.25) is 10.0 Å². The second-order valence-corrected chi connectivity index (χ2v) is 7.58. The van der Waals surface area contributed by atoms with Crippen molar-refractivity contribution in [3.05, 3.63) is 30.3 Å². The Morgan fingerprint density at radius 3 is 2.62 bits per heavy atom. The molecular formula is C14H18N2O3S2. The summed E-state index contributed by atoms with van der Waals surface area (Å²) in [5.74, 6) is -0.300. The summed E-state index contributed by atoms with van der Waals surface area (Å²) in [6.45, 7) is 2.01. The Kier molecular flexibility index (Phi) is 5.41. The molecule has 0 bridgehead atoms. The van der Waals surface area contributed by atoms with E-state index in [4.69, 9.17) is 0 Å². The van der Waals surface area contributed by atoms with Gasteiger partial charge in [0.05, 0.1) is 17.2 Å². The first-order valence-electron chi connectivity index (χ1n) is 6.87. The van der Waals surface area contributed by atoms with E-state index in [9.17, 15) is 13.2 Å². The van der Waals surface area contributed by atoms with Crippen molar-refractivity contribution in [2.24, 2.45) is 4.99 Å². The molecule has 1 aliphatic heterocycles. The number of carbonyl (C=O) groups is 1. The lowest BCUT2D eigenvalue weighted by atomic mass is 10.3. The summed E-state index contributed by atoms with van der Waals surface area (Å²) in [5.41, 5.74) is 0.642. The normalized spacial score (nSPS) is 17.7. The van der Waals surface area contributed by atoms with Gasteiger partial charge in [0.1, 0.15) is 0 Å². The number of sulfonamides is 1. The van der Waals surface area contributed by atoms with E-state index >= 15 is 0 Å². The SMILES string of the molecule is CCCCCS(=O)(=O)N1C(=O)CSC1=Nc1ccccc1. The first-order chi connectivity index (χ1) is 10.0. The maximum absolute atomic E-state index is 12.3.